The molecule has 0 radical (unpaired) electrons. The third-order valence-electron chi connectivity index (χ3n) is 5.88. The molecule has 0 bridgehead atoms. The number of ether oxygens (including phenoxy) is 1. The topological polar surface area (TPSA) is 41.6 Å². The van der Waals surface area contributed by atoms with Crippen LogP contribution in [0.3, 0.4) is 0 Å². The molecule has 2 atom stereocenters. The quantitative estimate of drug-likeness (QED) is 0.606. The van der Waals surface area contributed by atoms with Gasteiger partial charge in [-0.25, -0.2) is 0 Å². The maximum absolute atomic E-state index is 12.4. The van der Waals surface area contributed by atoms with E-state index in [-0.39, 0.29) is 18.6 Å². The highest BCUT2D eigenvalue weighted by atomic mass is 16.5. The molecule has 2 unspecified atom stereocenters. The number of anilines is 1. The summed E-state index contributed by atoms with van der Waals surface area (Å²) in [5, 5.41) is 5.29. The Morgan fingerprint density at radius 1 is 1.10 bits per heavy atom. The van der Waals surface area contributed by atoms with Gasteiger partial charge in [0.2, 0.25) is 0 Å². The Morgan fingerprint density at radius 3 is 2.63 bits per heavy atom. The van der Waals surface area contributed by atoms with Crippen molar-refractivity contribution in [2.24, 2.45) is 5.92 Å². The van der Waals surface area contributed by atoms with Crippen LogP contribution in [-0.2, 0) is 4.79 Å². The predicted octanol–water partition coefficient (Wildman–Crippen LogP) is 5.33. The van der Waals surface area contributed by atoms with Crippen LogP contribution in [0.15, 0.2) is 66.7 Å². The van der Waals surface area contributed by atoms with E-state index in [0.29, 0.717) is 5.75 Å². The largest absolute Gasteiger partial charge is 0.484 e. The van der Waals surface area contributed by atoms with Gasteiger partial charge in [0.15, 0.2) is 6.61 Å². The molecule has 1 saturated heterocycles. The van der Waals surface area contributed by atoms with Crippen LogP contribution in [0, 0.1) is 5.92 Å². The third-order valence-corrected chi connectivity index (χ3v) is 5.88. The number of nitrogens with one attached hydrogen (secondary N) is 1. The zero-order valence-corrected chi connectivity index (χ0v) is 17.8. The fourth-order valence-electron chi connectivity index (χ4n) is 4.17. The van der Waals surface area contributed by atoms with E-state index in [1.807, 2.05) is 43.3 Å². The summed E-state index contributed by atoms with van der Waals surface area (Å²) in [6.07, 6.45) is 2.57. The second kappa shape index (κ2) is 9.21. The van der Waals surface area contributed by atoms with Crippen molar-refractivity contribution < 1.29 is 9.53 Å². The van der Waals surface area contributed by atoms with E-state index >= 15 is 0 Å². The van der Waals surface area contributed by atoms with Gasteiger partial charge in [0.05, 0.1) is 6.04 Å². The Balaban J connectivity index is 1.30. The van der Waals surface area contributed by atoms with Gasteiger partial charge in [-0.05, 0) is 66.3 Å². The molecule has 1 fully saturated rings. The van der Waals surface area contributed by atoms with Gasteiger partial charge in [-0.1, -0.05) is 49.4 Å². The minimum atomic E-state index is -0.121. The van der Waals surface area contributed by atoms with Crippen molar-refractivity contribution in [1.82, 2.24) is 5.32 Å². The number of benzene rings is 3. The first-order valence-corrected chi connectivity index (χ1v) is 10.8. The van der Waals surface area contributed by atoms with E-state index < -0.39 is 0 Å². The Labute approximate surface area is 178 Å². The normalized spacial score (nSPS) is 17.5. The van der Waals surface area contributed by atoms with Crippen LogP contribution >= 0.6 is 0 Å². The molecule has 4 heteroatoms. The minimum absolute atomic E-state index is 0.00638. The van der Waals surface area contributed by atoms with Crippen LogP contribution in [0.1, 0.15) is 38.3 Å². The molecule has 4 nitrogen and oxygen atoms in total. The lowest BCUT2D eigenvalue weighted by Gasteiger charge is -2.33. The number of hydrogen-bond acceptors (Lipinski definition) is 3. The number of hydrogen-bond donors (Lipinski definition) is 1. The molecule has 0 spiro atoms. The SMILES string of the molecule is CC1CCCN(c2ccc(C(C)NC(=O)COc3ccc4ccccc4c3)cc2)C1. The molecule has 1 aliphatic rings. The number of piperidine rings is 1. The van der Waals surface area contributed by atoms with Crippen molar-refractivity contribution in [3.63, 3.8) is 0 Å². The number of nitrogens with zero attached hydrogens (tertiary/aromatic N) is 1. The number of amides is 1. The highest BCUT2D eigenvalue weighted by molar-refractivity contribution is 5.84. The van der Waals surface area contributed by atoms with Gasteiger partial charge < -0.3 is 15.0 Å². The van der Waals surface area contributed by atoms with Crippen molar-refractivity contribution in [1.29, 1.82) is 0 Å². The van der Waals surface area contributed by atoms with Crippen LogP contribution in [0.2, 0.25) is 0 Å². The molecule has 0 saturated carbocycles. The molecule has 1 amide bonds. The summed E-state index contributed by atoms with van der Waals surface area (Å²) < 4.78 is 5.70. The standard InChI is InChI=1S/C26H30N2O2/c1-19-6-5-15-28(17-19)24-12-9-21(10-13-24)20(2)27-26(29)18-30-25-14-11-22-7-3-4-8-23(22)16-25/h3-4,7-14,16,19-20H,5-6,15,17-18H2,1-2H3,(H,27,29). The van der Waals surface area contributed by atoms with Crippen LogP contribution in [0.25, 0.3) is 10.8 Å². The van der Waals surface area contributed by atoms with E-state index in [4.69, 9.17) is 4.74 Å². The molecular formula is C26H30N2O2. The van der Waals surface area contributed by atoms with Crippen molar-refractivity contribution in [2.75, 3.05) is 24.6 Å². The second-order valence-electron chi connectivity index (χ2n) is 8.37. The van der Waals surface area contributed by atoms with E-state index in [2.05, 4.69) is 47.5 Å². The van der Waals surface area contributed by atoms with Gasteiger partial charge >= 0.3 is 0 Å². The van der Waals surface area contributed by atoms with Gasteiger partial charge in [0.25, 0.3) is 5.91 Å². The van der Waals surface area contributed by atoms with Gasteiger partial charge in [-0.2, -0.15) is 0 Å². The Hall–Kier alpha value is -3.01. The number of fused-ring (bicyclic) bond motifs is 1. The first kappa shape index (κ1) is 20.3. The summed E-state index contributed by atoms with van der Waals surface area (Å²) in [7, 11) is 0. The zero-order valence-electron chi connectivity index (χ0n) is 17.8. The first-order chi connectivity index (χ1) is 14.6. The summed E-state index contributed by atoms with van der Waals surface area (Å²) in [5.41, 5.74) is 2.37. The average molecular weight is 403 g/mol. The minimum Gasteiger partial charge on any atom is -0.484 e. The molecule has 0 aliphatic carbocycles. The highest BCUT2D eigenvalue weighted by Crippen LogP contribution is 2.25. The average Bonchev–Trinajstić information content (AvgIpc) is 2.77. The fourth-order valence-corrected chi connectivity index (χ4v) is 4.17. The Kier molecular flexibility index (Phi) is 6.22. The maximum Gasteiger partial charge on any atom is 0.258 e. The molecule has 1 heterocycles. The van der Waals surface area contributed by atoms with Crippen LogP contribution in [0.5, 0.6) is 5.75 Å². The van der Waals surface area contributed by atoms with Gasteiger partial charge in [0.1, 0.15) is 5.75 Å². The smallest absolute Gasteiger partial charge is 0.258 e. The summed E-state index contributed by atoms with van der Waals surface area (Å²) in [5.74, 6) is 1.33. The molecule has 1 N–H and O–H groups in total. The van der Waals surface area contributed by atoms with Crippen molar-refractivity contribution >= 4 is 22.4 Å². The van der Waals surface area contributed by atoms with Crippen molar-refractivity contribution in [3.05, 3.63) is 72.3 Å². The van der Waals surface area contributed by atoms with Gasteiger partial charge in [-0.3, -0.25) is 4.79 Å². The zero-order chi connectivity index (χ0) is 20.9. The molecular weight excluding hydrogens is 372 g/mol. The molecule has 3 aromatic rings. The monoisotopic (exact) mass is 402 g/mol. The van der Waals surface area contributed by atoms with Crippen LogP contribution < -0.4 is 15.0 Å². The number of carbonyl (C=O) groups excluding carboxylic acids is 1. The fraction of sp³-hybridized carbons (Fsp3) is 0.346. The van der Waals surface area contributed by atoms with E-state index in [9.17, 15) is 4.79 Å². The van der Waals surface area contributed by atoms with E-state index in [0.717, 1.165) is 35.3 Å². The van der Waals surface area contributed by atoms with Crippen LogP contribution in [-0.4, -0.2) is 25.6 Å². The van der Waals surface area contributed by atoms with Gasteiger partial charge in [-0.15, -0.1) is 0 Å². The molecule has 4 rings (SSSR count). The van der Waals surface area contributed by atoms with Crippen LogP contribution in [0.4, 0.5) is 5.69 Å². The lowest BCUT2D eigenvalue weighted by molar-refractivity contribution is -0.123. The molecule has 0 aromatic heterocycles. The van der Waals surface area contributed by atoms with Crippen molar-refractivity contribution in [2.45, 2.75) is 32.7 Å². The Morgan fingerprint density at radius 2 is 1.87 bits per heavy atom. The Bertz CT molecular complexity index is 999. The van der Waals surface area contributed by atoms with Crippen molar-refractivity contribution in [3.8, 4) is 5.75 Å². The summed E-state index contributed by atoms with van der Waals surface area (Å²) in [6.45, 7) is 6.58. The summed E-state index contributed by atoms with van der Waals surface area (Å²) in [6, 6.07) is 22.5. The van der Waals surface area contributed by atoms with E-state index in [1.165, 1.54) is 18.5 Å². The third kappa shape index (κ3) is 4.93. The molecule has 30 heavy (non-hydrogen) atoms. The predicted molar refractivity (Wildman–Crippen MR) is 123 cm³/mol. The lowest BCUT2D eigenvalue weighted by atomic mass is 9.99. The first-order valence-electron chi connectivity index (χ1n) is 10.8. The summed E-state index contributed by atoms with van der Waals surface area (Å²) >= 11 is 0. The highest BCUT2D eigenvalue weighted by Gasteiger charge is 2.17. The molecule has 3 aromatic carbocycles. The van der Waals surface area contributed by atoms with E-state index in [1.54, 1.807) is 0 Å². The molecule has 156 valence electrons. The lowest BCUT2D eigenvalue weighted by Crippen LogP contribution is -2.34. The summed E-state index contributed by atoms with van der Waals surface area (Å²) in [4.78, 5) is 14.8. The maximum atomic E-state index is 12.4. The van der Waals surface area contributed by atoms with Gasteiger partial charge in [0, 0.05) is 18.8 Å². The second-order valence-corrected chi connectivity index (χ2v) is 8.37. The molecule has 1 aliphatic heterocycles. The number of carbonyl (C=O) groups is 1. The number of rotatable bonds is 6.